The monoisotopic (exact) mass is 248 g/mol. The second-order valence-electron chi connectivity index (χ2n) is 4.87. The number of benzene rings is 1. The van der Waals surface area contributed by atoms with E-state index in [1.54, 1.807) is 0 Å². The van der Waals surface area contributed by atoms with Crippen molar-refractivity contribution in [1.82, 2.24) is 5.32 Å². The van der Waals surface area contributed by atoms with Crippen molar-refractivity contribution >= 4 is 5.69 Å². The Kier molecular flexibility index (Phi) is 3.28. The summed E-state index contributed by atoms with van der Waals surface area (Å²) < 4.78 is 10.8. The summed E-state index contributed by atoms with van der Waals surface area (Å²) in [6, 6.07) is 6.88. The van der Waals surface area contributed by atoms with Crippen molar-refractivity contribution in [2.75, 3.05) is 31.3 Å². The van der Waals surface area contributed by atoms with Gasteiger partial charge in [0.05, 0.1) is 0 Å². The summed E-state index contributed by atoms with van der Waals surface area (Å²) >= 11 is 0. The van der Waals surface area contributed by atoms with Crippen molar-refractivity contribution < 1.29 is 9.47 Å². The van der Waals surface area contributed by atoms with E-state index in [0.29, 0.717) is 12.8 Å². The van der Waals surface area contributed by atoms with Gasteiger partial charge in [-0.1, -0.05) is 6.92 Å². The number of ether oxygens (including phenoxy) is 2. The average molecular weight is 248 g/mol. The van der Waals surface area contributed by atoms with Gasteiger partial charge >= 0.3 is 0 Å². The predicted molar refractivity (Wildman–Crippen MR) is 71.5 cm³/mol. The summed E-state index contributed by atoms with van der Waals surface area (Å²) in [7, 11) is 0. The second-order valence-corrected chi connectivity index (χ2v) is 4.87. The highest BCUT2D eigenvalue weighted by Gasteiger charge is 2.18. The first-order valence-corrected chi connectivity index (χ1v) is 6.75. The van der Waals surface area contributed by atoms with Gasteiger partial charge < -0.3 is 19.7 Å². The third-order valence-corrected chi connectivity index (χ3v) is 3.78. The highest BCUT2D eigenvalue weighted by atomic mass is 16.7. The molecule has 98 valence electrons. The van der Waals surface area contributed by atoms with Crippen molar-refractivity contribution in [2.45, 2.75) is 25.8 Å². The van der Waals surface area contributed by atoms with Gasteiger partial charge in [-0.2, -0.15) is 0 Å². The molecule has 18 heavy (non-hydrogen) atoms. The van der Waals surface area contributed by atoms with Crippen LogP contribution < -0.4 is 19.7 Å². The molecule has 0 radical (unpaired) electrons. The van der Waals surface area contributed by atoms with Crippen LogP contribution in [0.3, 0.4) is 0 Å². The predicted octanol–water partition coefficient (Wildman–Crippen LogP) is 1.99. The zero-order valence-corrected chi connectivity index (χ0v) is 10.8. The van der Waals surface area contributed by atoms with Gasteiger partial charge in [0.1, 0.15) is 0 Å². The van der Waals surface area contributed by atoms with Gasteiger partial charge in [-0.15, -0.1) is 0 Å². The van der Waals surface area contributed by atoms with Crippen LogP contribution in [0.4, 0.5) is 5.69 Å². The standard InChI is InChI=1S/C14H20N2O2/c1-2-11-5-7-16(8-6-15-11)12-3-4-13-14(9-12)18-10-17-13/h3-4,9,11,15H,2,5-8,10H2,1H3. The zero-order valence-electron chi connectivity index (χ0n) is 10.8. The van der Waals surface area contributed by atoms with Gasteiger partial charge in [0.2, 0.25) is 6.79 Å². The van der Waals surface area contributed by atoms with Crippen molar-refractivity contribution in [2.24, 2.45) is 0 Å². The van der Waals surface area contributed by atoms with E-state index in [4.69, 9.17) is 9.47 Å². The Morgan fingerprint density at radius 1 is 1.28 bits per heavy atom. The van der Waals surface area contributed by atoms with Crippen LogP contribution in [-0.2, 0) is 0 Å². The van der Waals surface area contributed by atoms with Gasteiger partial charge in [-0.25, -0.2) is 0 Å². The molecule has 4 nitrogen and oxygen atoms in total. The smallest absolute Gasteiger partial charge is 0.231 e. The molecule has 0 amide bonds. The number of hydrogen-bond donors (Lipinski definition) is 1. The largest absolute Gasteiger partial charge is 0.454 e. The molecule has 0 bridgehead atoms. The van der Waals surface area contributed by atoms with Crippen LogP contribution in [-0.4, -0.2) is 32.5 Å². The SMILES string of the molecule is CCC1CCN(c2ccc3c(c2)OCO3)CCN1. The molecule has 1 atom stereocenters. The zero-order chi connectivity index (χ0) is 12.4. The summed E-state index contributed by atoms with van der Waals surface area (Å²) in [4.78, 5) is 2.42. The Morgan fingerprint density at radius 3 is 3.06 bits per heavy atom. The Labute approximate surface area is 108 Å². The highest BCUT2D eigenvalue weighted by Crippen LogP contribution is 2.35. The number of nitrogens with one attached hydrogen (secondary N) is 1. The van der Waals surface area contributed by atoms with Crippen LogP contribution in [0.5, 0.6) is 11.5 Å². The van der Waals surface area contributed by atoms with Gasteiger partial charge in [0.25, 0.3) is 0 Å². The van der Waals surface area contributed by atoms with E-state index >= 15 is 0 Å². The molecule has 1 N–H and O–H groups in total. The quantitative estimate of drug-likeness (QED) is 0.868. The second kappa shape index (κ2) is 5.06. The topological polar surface area (TPSA) is 33.7 Å². The maximum atomic E-state index is 5.44. The van der Waals surface area contributed by atoms with Crippen LogP contribution in [0, 0.1) is 0 Å². The first-order chi connectivity index (χ1) is 8.86. The first-order valence-electron chi connectivity index (χ1n) is 6.75. The lowest BCUT2D eigenvalue weighted by molar-refractivity contribution is 0.174. The highest BCUT2D eigenvalue weighted by molar-refractivity contribution is 5.57. The van der Waals surface area contributed by atoms with Crippen LogP contribution in [0.25, 0.3) is 0 Å². The molecule has 2 heterocycles. The molecule has 1 aromatic rings. The lowest BCUT2D eigenvalue weighted by Crippen LogP contribution is -2.29. The molecule has 2 aliphatic heterocycles. The van der Waals surface area contributed by atoms with Crippen LogP contribution in [0.15, 0.2) is 18.2 Å². The van der Waals surface area contributed by atoms with Crippen molar-refractivity contribution in [1.29, 1.82) is 0 Å². The van der Waals surface area contributed by atoms with Crippen LogP contribution in [0.1, 0.15) is 19.8 Å². The maximum absolute atomic E-state index is 5.44. The van der Waals surface area contributed by atoms with E-state index < -0.39 is 0 Å². The lowest BCUT2D eigenvalue weighted by atomic mass is 10.1. The molecule has 0 aromatic heterocycles. The maximum Gasteiger partial charge on any atom is 0.231 e. The number of rotatable bonds is 2. The Morgan fingerprint density at radius 2 is 2.17 bits per heavy atom. The fraction of sp³-hybridized carbons (Fsp3) is 0.571. The van der Waals surface area contributed by atoms with E-state index in [-0.39, 0.29) is 0 Å². The summed E-state index contributed by atoms with van der Waals surface area (Å²) in [5.74, 6) is 1.73. The molecule has 3 rings (SSSR count). The van der Waals surface area contributed by atoms with Crippen molar-refractivity contribution in [3.63, 3.8) is 0 Å². The molecule has 1 fully saturated rings. The van der Waals surface area contributed by atoms with E-state index in [1.165, 1.54) is 18.5 Å². The fourth-order valence-electron chi connectivity index (χ4n) is 2.62. The lowest BCUT2D eigenvalue weighted by Gasteiger charge is -2.22. The van der Waals surface area contributed by atoms with Gasteiger partial charge in [0, 0.05) is 37.4 Å². The Bertz CT molecular complexity index is 422. The molecular weight excluding hydrogens is 228 g/mol. The molecule has 4 heteroatoms. The van der Waals surface area contributed by atoms with E-state index in [9.17, 15) is 0 Å². The fourth-order valence-corrected chi connectivity index (χ4v) is 2.62. The molecule has 0 saturated carbocycles. The number of fused-ring (bicyclic) bond motifs is 1. The van der Waals surface area contributed by atoms with E-state index in [0.717, 1.165) is 31.1 Å². The van der Waals surface area contributed by atoms with Gasteiger partial charge in [-0.3, -0.25) is 0 Å². The number of anilines is 1. The summed E-state index contributed by atoms with van der Waals surface area (Å²) in [6.45, 7) is 5.79. The molecule has 1 saturated heterocycles. The normalized spacial score (nSPS) is 22.9. The van der Waals surface area contributed by atoms with E-state index in [1.807, 2.05) is 6.07 Å². The van der Waals surface area contributed by atoms with Gasteiger partial charge in [0.15, 0.2) is 11.5 Å². The summed E-state index contributed by atoms with van der Waals surface area (Å²) in [6.07, 6.45) is 2.40. The molecular formula is C14H20N2O2. The average Bonchev–Trinajstić information content (AvgIpc) is 2.74. The third-order valence-electron chi connectivity index (χ3n) is 3.78. The Hall–Kier alpha value is -1.42. The minimum absolute atomic E-state index is 0.345. The summed E-state index contributed by atoms with van der Waals surface area (Å²) in [5.41, 5.74) is 1.23. The van der Waals surface area contributed by atoms with Crippen LogP contribution >= 0.6 is 0 Å². The minimum atomic E-state index is 0.345. The molecule has 2 aliphatic rings. The number of nitrogens with zero attached hydrogens (tertiary/aromatic N) is 1. The third kappa shape index (κ3) is 2.25. The minimum Gasteiger partial charge on any atom is -0.454 e. The Balaban J connectivity index is 1.74. The first kappa shape index (κ1) is 11.7. The van der Waals surface area contributed by atoms with Crippen molar-refractivity contribution in [3.05, 3.63) is 18.2 Å². The molecule has 1 aromatic carbocycles. The summed E-state index contributed by atoms with van der Waals surface area (Å²) in [5, 5.41) is 3.59. The van der Waals surface area contributed by atoms with Crippen LogP contribution in [0.2, 0.25) is 0 Å². The molecule has 0 aliphatic carbocycles. The van der Waals surface area contributed by atoms with E-state index in [2.05, 4.69) is 29.3 Å². The number of hydrogen-bond acceptors (Lipinski definition) is 4. The molecule has 1 unspecified atom stereocenters. The van der Waals surface area contributed by atoms with Crippen molar-refractivity contribution in [3.8, 4) is 11.5 Å². The van der Waals surface area contributed by atoms with Gasteiger partial charge in [-0.05, 0) is 25.0 Å². The molecule has 0 spiro atoms.